The summed E-state index contributed by atoms with van der Waals surface area (Å²) in [4.78, 5) is 13.8. The van der Waals surface area contributed by atoms with Gasteiger partial charge in [0.2, 0.25) is 5.91 Å². The van der Waals surface area contributed by atoms with Crippen molar-refractivity contribution >= 4 is 23.2 Å². The van der Waals surface area contributed by atoms with Crippen molar-refractivity contribution in [3.63, 3.8) is 0 Å². The summed E-state index contributed by atoms with van der Waals surface area (Å²) < 4.78 is 0. The Balaban J connectivity index is 1.87. The number of carbonyl (C=O) groups is 1. The van der Waals surface area contributed by atoms with Crippen molar-refractivity contribution in [3.8, 4) is 0 Å². The summed E-state index contributed by atoms with van der Waals surface area (Å²) in [7, 11) is 1.80. The summed E-state index contributed by atoms with van der Waals surface area (Å²) >= 11 is 6.06. The first-order valence-corrected chi connectivity index (χ1v) is 7.22. The normalized spacial score (nSPS) is 10.2. The maximum absolute atomic E-state index is 12.1. The average Bonchev–Trinajstić information content (AvgIpc) is 2.49. The number of carbonyl (C=O) groups excluding carboxylic acids is 1. The van der Waals surface area contributed by atoms with Crippen LogP contribution < -0.4 is 5.32 Å². The minimum atomic E-state index is 0.0375. The Hall–Kier alpha value is -2.00. The first-order valence-electron chi connectivity index (χ1n) is 6.84. The van der Waals surface area contributed by atoms with Crippen LogP contribution in [-0.4, -0.2) is 24.4 Å². The van der Waals surface area contributed by atoms with Crippen molar-refractivity contribution in [2.24, 2.45) is 0 Å². The van der Waals surface area contributed by atoms with E-state index in [4.69, 9.17) is 11.6 Å². The highest BCUT2D eigenvalue weighted by atomic mass is 35.5. The average molecular weight is 303 g/mol. The second-order valence-corrected chi connectivity index (χ2v) is 5.46. The molecule has 0 saturated carbocycles. The Kier molecular flexibility index (Phi) is 5.23. The molecule has 110 valence electrons. The minimum absolute atomic E-state index is 0.0375. The van der Waals surface area contributed by atoms with Gasteiger partial charge in [-0.25, -0.2) is 0 Å². The number of halogens is 1. The molecular formula is C17H19ClN2O. The molecule has 0 atom stereocenters. The van der Waals surface area contributed by atoms with E-state index in [1.807, 2.05) is 55.5 Å². The topological polar surface area (TPSA) is 32.3 Å². The van der Waals surface area contributed by atoms with E-state index in [1.165, 1.54) is 0 Å². The number of likely N-dealkylation sites (N-methyl/N-ethyl adjacent to an activating group) is 1. The number of hydrogen-bond acceptors (Lipinski definition) is 2. The van der Waals surface area contributed by atoms with Crippen molar-refractivity contribution in [3.05, 3.63) is 64.7 Å². The van der Waals surface area contributed by atoms with Crippen LogP contribution in [0, 0.1) is 6.92 Å². The summed E-state index contributed by atoms with van der Waals surface area (Å²) in [6.07, 6.45) is 0. The van der Waals surface area contributed by atoms with Crippen LogP contribution in [-0.2, 0) is 11.3 Å². The van der Waals surface area contributed by atoms with Crippen LogP contribution in [0.3, 0.4) is 0 Å². The van der Waals surface area contributed by atoms with Crippen molar-refractivity contribution in [2.75, 3.05) is 18.9 Å². The molecule has 0 aliphatic carbocycles. The summed E-state index contributed by atoms with van der Waals surface area (Å²) in [6, 6.07) is 15.6. The van der Waals surface area contributed by atoms with E-state index in [2.05, 4.69) is 5.32 Å². The Morgan fingerprint density at radius 3 is 2.57 bits per heavy atom. The molecule has 0 aliphatic heterocycles. The van der Waals surface area contributed by atoms with Crippen LogP contribution >= 0.6 is 11.6 Å². The first kappa shape index (κ1) is 15.4. The van der Waals surface area contributed by atoms with Crippen molar-refractivity contribution in [1.29, 1.82) is 0 Å². The number of benzene rings is 2. The van der Waals surface area contributed by atoms with E-state index >= 15 is 0 Å². The molecule has 2 aromatic rings. The Morgan fingerprint density at radius 2 is 1.90 bits per heavy atom. The van der Waals surface area contributed by atoms with Crippen molar-refractivity contribution < 1.29 is 4.79 Å². The SMILES string of the molecule is Cc1ccc(NCC(=O)N(C)Cc2ccccc2)cc1Cl. The van der Waals surface area contributed by atoms with Gasteiger partial charge in [0.25, 0.3) is 0 Å². The zero-order chi connectivity index (χ0) is 15.2. The number of nitrogens with zero attached hydrogens (tertiary/aromatic N) is 1. The van der Waals surface area contributed by atoms with Gasteiger partial charge in [-0.2, -0.15) is 0 Å². The highest BCUT2D eigenvalue weighted by Gasteiger charge is 2.09. The number of hydrogen-bond donors (Lipinski definition) is 1. The van der Waals surface area contributed by atoms with E-state index in [1.54, 1.807) is 11.9 Å². The van der Waals surface area contributed by atoms with Crippen LogP contribution in [0.15, 0.2) is 48.5 Å². The van der Waals surface area contributed by atoms with Gasteiger partial charge in [-0.3, -0.25) is 4.79 Å². The van der Waals surface area contributed by atoms with Crippen LogP contribution in [0.1, 0.15) is 11.1 Å². The maximum atomic E-state index is 12.1. The quantitative estimate of drug-likeness (QED) is 0.913. The molecular weight excluding hydrogens is 284 g/mol. The van der Waals surface area contributed by atoms with Gasteiger partial charge in [0.1, 0.15) is 0 Å². The molecule has 0 unspecified atom stereocenters. The van der Waals surface area contributed by atoms with Gasteiger partial charge in [0.05, 0.1) is 6.54 Å². The largest absolute Gasteiger partial charge is 0.376 e. The van der Waals surface area contributed by atoms with Crippen LogP contribution in [0.5, 0.6) is 0 Å². The fourth-order valence-electron chi connectivity index (χ4n) is 1.96. The summed E-state index contributed by atoms with van der Waals surface area (Å²) in [6.45, 7) is 2.81. The second-order valence-electron chi connectivity index (χ2n) is 5.05. The molecule has 1 N–H and O–H groups in total. The first-order chi connectivity index (χ1) is 10.1. The van der Waals surface area contributed by atoms with Gasteiger partial charge >= 0.3 is 0 Å². The molecule has 0 aromatic heterocycles. The number of amides is 1. The lowest BCUT2D eigenvalue weighted by molar-refractivity contribution is -0.128. The molecule has 0 saturated heterocycles. The van der Waals surface area contributed by atoms with Crippen molar-refractivity contribution in [2.45, 2.75) is 13.5 Å². The molecule has 0 fully saturated rings. The number of nitrogens with one attached hydrogen (secondary N) is 1. The fraction of sp³-hybridized carbons (Fsp3) is 0.235. The van der Waals surface area contributed by atoms with Crippen LogP contribution in [0.25, 0.3) is 0 Å². The van der Waals surface area contributed by atoms with Gasteiger partial charge in [-0.1, -0.05) is 48.0 Å². The molecule has 0 spiro atoms. The third kappa shape index (κ3) is 4.50. The van der Waals surface area contributed by atoms with Gasteiger partial charge < -0.3 is 10.2 Å². The Labute approximate surface area is 130 Å². The monoisotopic (exact) mass is 302 g/mol. The number of anilines is 1. The molecule has 2 rings (SSSR count). The van der Waals surface area contributed by atoms with E-state index in [0.29, 0.717) is 11.6 Å². The van der Waals surface area contributed by atoms with Crippen LogP contribution in [0.2, 0.25) is 5.02 Å². The zero-order valence-corrected chi connectivity index (χ0v) is 13.0. The van der Waals surface area contributed by atoms with Gasteiger partial charge in [0, 0.05) is 24.3 Å². The number of rotatable bonds is 5. The maximum Gasteiger partial charge on any atom is 0.241 e. The summed E-state index contributed by atoms with van der Waals surface area (Å²) in [5.74, 6) is 0.0375. The molecule has 0 bridgehead atoms. The minimum Gasteiger partial charge on any atom is -0.376 e. The van der Waals surface area contributed by atoms with E-state index in [9.17, 15) is 4.79 Å². The van der Waals surface area contributed by atoms with E-state index in [-0.39, 0.29) is 12.5 Å². The lowest BCUT2D eigenvalue weighted by Gasteiger charge is -2.18. The third-order valence-electron chi connectivity index (χ3n) is 3.30. The highest BCUT2D eigenvalue weighted by Crippen LogP contribution is 2.19. The predicted molar refractivity (Wildman–Crippen MR) is 87.6 cm³/mol. The van der Waals surface area contributed by atoms with Crippen LogP contribution in [0.4, 0.5) is 5.69 Å². The molecule has 1 amide bonds. The molecule has 2 aromatic carbocycles. The molecule has 21 heavy (non-hydrogen) atoms. The summed E-state index contributed by atoms with van der Waals surface area (Å²) in [5, 5.41) is 3.80. The lowest BCUT2D eigenvalue weighted by Crippen LogP contribution is -2.31. The fourth-order valence-corrected chi connectivity index (χ4v) is 2.14. The summed E-state index contributed by atoms with van der Waals surface area (Å²) in [5.41, 5.74) is 2.99. The molecule has 4 heteroatoms. The van der Waals surface area contributed by atoms with E-state index in [0.717, 1.165) is 16.8 Å². The molecule has 3 nitrogen and oxygen atoms in total. The van der Waals surface area contributed by atoms with Gasteiger partial charge in [0.15, 0.2) is 0 Å². The smallest absolute Gasteiger partial charge is 0.241 e. The van der Waals surface area contributed by atoms with Gasteiger partial charge in [-0.15, -0.1) is 0 Å². The Morgan fingerprint density at radius 1 is 1.19 bits per heavy atom. The Bertz CT molecular complexity index is 613. The molecule has 0 aliphatic rings. The van der Waals surface area contributed by atoms with Gasteiger partial charge in [-0.05, 0) is 30.2 Å². The molecule has 0 radical (unpaired) electrons. The third-order valence-corrected chi connectivity index (χ3v) is 3.71. The lowest BCUT2D eigenvalue weighted by atomic mass is 10.2. The zero-order valence-electron chi connectivity index (χ0n) is 12.3. The van der Waals surface area contributed by atoms with E-state index < -0.39 is 0 Å². The molecule has 0 heterocycles. The highest BCUT2D eigenvalue weighted by molar-refractivity contribution is 6.31. The standard InChI is InChI=1S/C17H19ClN2O/c1-13-8-9-15(10-16(13)18)19-11-17(21)20(2)12-14-6-4-3-5-7-14/h3-10,19H,11-12H2,1-2H3. The van der Waals surface area contributed by atoms with Crippen molar-refractivity contribution in [1.82, 2.24) is 4.90 Å². The predicted octanol–water partition coefficient (Wildman–Crippen LogP) is 3.72. The number of aryl methyl sites for hydroxylation is 1. The second kappa shape index (κ2) is 7.14.